The minimum Gasteiger partial charge on any atom is -0.383 e. The Morgan fingerprint density at radius 1 is 0.933 bits per heavy atom. The summed E-state index contributed by atoms with van der Waals surface area (Å²) in [5.41, 5.74) is 9.60. The van der Waals surface area contributed by atoms with Crippen molar-refractivity contribution < 1.29 is 14.7 Å². The average Bonchev–Trinajstić information content (AvgIpc) is 3.44. The number of hydrogen-bond donors (Lipinski definition) is 2. The molecule has 0 aromatic heterocycles. The number of amidine groups is 1. The van der Waals surface area contributed by atoms with E-state index in [0.29, 0.717) is 57.0 Å². The van der Waals surface area contributed by atoms with E-state index in [2.05, 4.69) is 11.1 Å². The molecule has 1 saturated carbocycles. The first-order chi connectivity index (χ1) is 14.4. The van der Waals surface area contributed by atoms with Gasteiger partial charge in [0.1, 0.15) is 11.4 Å². The molecule has 7 heteroatoms. The maximum Gasteiger partial charge on any atom is 0.254 e. The second-order valence-electron chi connectivity index (χ2n) is 8.27. The Labute approximate surface area is 174 Å². The second kappa shape index (κ2) is 6.95. The fourth-order valence-corrected chi connectivity index (χ4v) is 4.14. The van der Waals surface area contributed by atoms with Gasteiger partial charge in [0, 0.05) is 37.3 Å². The topological polar surface area (TPSA) is 99.2 Å². The summed E-state index contributed by atoms with van der Waals surface area (Å²) in [6, 6.07) is 13.7. The van der Waals surface area contributed by atoms with E-state index in [1.807, 2.05) is 36.4 Å². The molecule has 3 N–H and O–H groups in total. The highest BCUT2D eigenvalue weighted by Gasteiger charge is 2.50. The van der Waals surface area contributed by atoms with Gasteiger partial charge in [-0.1, -0.05) is 24.3 Å². The molecule has 0 atom stereocenters. The number of hydrogen-bond acceptors (Lipinski definition) is 5. The van der Waals surface area contributed by atoms with Crippen LogP contribution in [0, 0.1) is 0 Å². The van der Waals surface area contributed by atoms with E-state index in [1.54, 1.807) is 9.80 Å². The van der Waals surface area contributed by atoms with Crippen molar-refractivity contribution >= 4 is 17.6 Å². The number of fused-ring (bicyclic) bond motifs is 1. The van der Waals surface area contributed by atoms with Gasteiger partial charge >= 0.3 is 0 Å². The van der Waals surface area contributed by atoms with Crippen molar-refractivity contribution in [2.24, 2.45) is 10.7 Å². The monoisotopic (exact) mass is 404 g/mol. The number of carbonyl (C=O) groups is 2. The third-order valence-corrected chi connectivity index (χ3v) is 6.24. The molecular weight excluding hydrogens is 380 g/mol. The van der Waals surface area contributed by atoms with Gasteiger partial charge in [-0.3, -0.25) is 14.6 Å². The lowest BCUT2D eigenvalue weighted by molar-refractivity contribution is -0.143. The Morgan fingerprint density at radius 2 is 1.57 bits per heavy atom. The number of piperazine rings is 1. The summed E-state index contributed by atoms with van der Waals surface area (Å²) in [6.07, 6.45) is 1.09. The molecule has 2 heterocycles. The Bertz CT molecular complexity index is 1050. The normalized spacial score (nSPS) is 19.3. The lowest BCUT2D eigenvalue weighted by atomic mass is 9.99. The van der Waals surface area contributed by atoms with Crippen molar-refractivity contribution in [3.63, 3.8) is 0 Å². The summed E-state index contributed by atoms with van der Waals surface area (Å²) in [7, 11) is 0. The van der Waals surface area contributed by atoms with Crippen molar-refractivity contribution in [1.82, 2.24) is 9.80 Å². The zero-order chi connectivity index (χ0) is 20.9. The molecule has 2 fully saturated rings. The minimum atomic E-state index is -1.14. The van der Waals surface area contributed by atoms with Crippen LogP contribution in [0.4, 0.5) is 0 Å². The summed E-state index contributed by atoms with van der Waals surface area (Å²) in [6.45, 7) is 2.50. The Kier molecular flexibility index (Phi) is 4.36. The molecule has 2 aliphatic heterocycles. The van der Waals surface area contributed by atoms with Crippen LogP contribution in [-0.4, -0.2) is 64.3 Å². The quantitative estimate of drug-likeness (QED) is 0.807. The molecule has 1 aliphatic carbocycles. The van der Waals surface area contributed by atoms with Gasteiger partial charge in [0.25, 0.3) is 11.8 Å². The summed E-state index contributed by atoms with van der Waals surface area (Å²) < 4.78 is 0. The van der Waals surface area contributed by atoms with Gasteiger partial charge in [0.05, 0.1) is 6.54 Å². The van der Waals surface area contributed by atoms with Crippen LogP contribution in [0.5, 0.6) is 0 Å². The lowest BCUT2D eigenvalue weighted by Crippen LogP contribution is -2.53. The third kappa shape index (κ3) is 3.25. The van der Waals surface area contributed by atoms with Gasteiger partial charge in [0.15, 0.2) is 0 Å². The fraction of sp³-hybridized carbons (Fsp3) is 0.348. The average molecular weight is 404 g/mol. The molecular formula is C23H24N4O3. The zero-order valence-corrected chi connectivity index (χ0v) is 16.7. The van der Waals surface area contributed by atoms with E-state index in [-0.39, 0.29) is 11.8 Å². The number of rotatable bonds is 3. The summed E-state index contributed by atoms with van der Waals surface area (Å²) in [5, 5.41) is 10.0. The van der Waals surface area contributed by atoms with E-state index < -0.39 is 5.60 Å². The van der Waals surface area contributed by atoms with Crippen LogP contribution in [0.25, 0.3) is 11.1 Å². The van der Waals surface area contributed by atoms with Gasteiger partial charge in [-0.05, 0) is 47.7 Å². The van der Waals surface area contributed by atoms with E-state index in [1.165, 1.54) is 0 Å². The number of benzene rings is 2. The standard InChI is InChI=1S/C23H24N4O3/c24-20-19-6-5-17(13-18(19)14-25-20)15-1-3-16(4-2-15)21(28)26-9-11-27(12-10-26)22(29)23(30)7-8-23/h1-6,13,30H,7-12,14H2,(H2,24,25). The number of nitrogens with two attached hydrogens (primary N) is 1. The Hall–Kier alpha value is -3.19. The Balaban J connectivity index is 1.24. The predicted octanol–water partition coefficient (Wildman–Crippen LogP) is 1.38. The van der Waals surface area contributed by atoms with Crippen molar-refractivity contribution in [2.45, 2.75) is 25.0 Å². The highest BCUT2D eigenvalue weighted by molar-refractivity contribution is 6.01. The predicted molar refractivity (Wildman–Crippen MR) is 113 cm³/mol. The van der Waals surface area contributed by atoms with Gasteiger partial charge in [-0.2, -0.15) is 0 Å². The van der Waals surface area contributed by atoms with Crippen LogP contribution in [-0.2, 0) is 11.3 Å². The number of nitrogens with zero attached hydrogens (tertiary/aromatic N) is 3. The summed E-state index contributed by atoms with van der Waals surface area (Å²) in [5.74, 6) is 0.361. The minimum absolute atomic E-state index is 0.0334. The molecule has 1 saturated heterocycles. The third-order valence-electron chi connectivity index (χ3n) is 6.24. The molecule has 2 aromatic carbocycles. The van der Waals surface area contributed by atoms with Gasteiger partial charge < -0.3 is 20.6 Å². The number of carbonyl (C=O) groups excluding carboxylic acids is 2. The molecule has 2 aromatic rings. The number of aliphatic imine (C=N–C) groups is 1. The van der Waals surface area contributed by atoms with E-state index in [4.69, 9.17) is 5.73 Å². The van der Waals surface area contributed by atoms with Crippen LogP contribution in [0.3, 0.4) is 0 Å². The Morgan fingerprint density at radius 3 is 2.23 bits per heavy atom. The van der Waals surface area contributed by atoms with Crippen molar-refractivity contribution in [3.8, 4) is 11.1 Å². The first-order valence-electron chi connectivity index (χ1n) is 10.3. The molecule has 7 nitrogen and oxygen atoms in total. The summed E-state index contributed by atoms with van der Waals surface area (Å²) in [4.78, 5) is 32.8. The first-order valence-corrected chi connectivity index (χ1v) is 10.3. The maximum absolute atomic E-state index is 12.9. The second-order valence-corrected chi connectivity index (χ2v) is 8.27. The molecule has 3 aliphatic rings. The first kappa shape index (κ1) is 18.8. The van der Waals surface area contributed by atoms with Crippen LogP contribution in [0.15, 0.2) is 47.5 Å². The van der Waals surface area contributed by atoms with Crippen molar-refractivity contribution in [1.29, 1.82) is 0 Å². The molecule has 30 heavy (non-hydrogen) atoms. The highest BCUT2D eigenvalue weighted by atomic mass is 16.3. The molecule has 5 rings (SSSR count). The summed E-state index contributed by atoms with van der Waals surface area (Å²) >= 11 is 0. The number of amides is 2. The van der Waals surface area contributed by atoms with Gasteiger partial charge in [-0.25, -0.2) is 0 Å². The molecule has 0 unspecified atom stereocenters. The molecule has 2 amide bonds. The van der Waals surface area contributed by atoms with Crippen molar-refractivity contribution in [3.05, 3.63) is 59.2 Å². The van der Waals surface area contributed by atoms with E-state index in [0.717, 1.165) is 22.3 Å². The molecule has 0 spiro atoms. The maximum atomic E-state index is 12.9. The van der Waals surface area contributed by atoms with Crippen LogP contribution in [0.1, 0.15) is 34.3 Å². The van der Waals surface area contributed by atoms with Gasteiger partial charge in [0.2, 0.25) is 0 Å². The number of aliphatic hydroxyl groups is 1. The zero-order valence-electron chi connectivity index (χ0n) is 16.7. The molecule has 0 radical (unpaired) electrons. The highest BCUT2D eigenvalue weighted by Crippen LogP contribution is 2.37. The molecule has 154 valence electrons. The van der Waals surface area contributed by atoms with Crippen LogP contribution < -0.4 is 5.73 Å². The lowest BCUT2D eigenvalue weighted by Gasteiger charge is -2.35. The van der Waals surface area contributed by atoms with E-state index in [9.17, 15) is 14.7 Å². The SMILES string of the molecule is NC1=NCc2cc(-c3ccc(C(=O)N4CCN(C(=O)C5(O)CC5)CC4)cc3)ccc21. The largest absolute Gasteiger partial charge is 0.383 e. The van der Waals surface area contributed by atoms with Gasteiger partial charge in [-0.15, -0.1) is 0 Å². The van der Waals surface area contributed by atoms with Crippen LogP contribution >= 0.6 is 0 Å². The smallest absolute Gasteiger partial charge is 0.254 e. The fourth-order valence-electron chi connectivity index (χ4n) is 4.14. The molecule has 0 bridgehead atoms. The van der Waals surface area contributed by atoms with Crippen LogP contribution in [0.2, 0.25) is 0 Å². The van der Waals surface area contributed by atoms with E-state index >= 15 is 0 Å². The van der Waals surface area contributed by atoms with Crippen molar-refractivity contribution in [2.75, 3.05) is 26.2 Å².